The van der Waals surface area contributed by atoms with E-state index in [1.807, 2.05) is 0 Å². The normalized spacial score (nSPS) is 12.7. The van der Waals surface area contributed by atoms with E-state index in [-0.39, 0.29) is 0 Å². The highest BCUT2D eigenvalue weighted by Crippen LogP contribution is 2.16. The second-order valence-corrected chi connectivity index (χ2v) is 5.08. The Morgan fingerprint density at radius 1 is 1.14 bits per heavy atom. The van der Waals surface area contributed by atoms with E-state index in [1.54, 1.807) is 0 Å². The highest BCUT2D eigenvalue weighted by Gasteiger charge is 2.04. The van der Waals surface area contributed by atoms with Crippen molar-refractivity contribution >= 4 is 15.9 Å². The molecule has 0 saturated heterocycles. The van der Waals surface area contributed by atoms with Crippen molar-refractivity contribution < 1.29 is 0 Å². The molecule has 0 heterocycles. The van der Waals surface area contributed by atoms with Crippen LogP contribution in [0.3, 0.4) is 0 Å². The summed E-state index contributed by atoms with van der Waals surface area (Å²) < 4.78 is 0. The van der Waals surface area contributed by atoms with Crippen molar-refractivity contribution in [3.63, 3.8) is 0 Å². The summed E-state index contributed by atoms with van der Waals surface area (Å²) in [5, 5.41) is 0. The summed E-state index contributed by atoms with van der Waals surface area (Å²) in [4.78, 5) is 0.649. The first kappa shape index (κ1) is 11.8. The van der Waals surface area contributed by atoms with Crippen LogP contribution >= 0.6 is 15.9 Å². The highest BCUT2D eigenvalue weighted by atomic mass is 79.9. The fraction of sp³-hybridized carbons (Fsp3) is 0.538. The van der Waals surface area contributed by atoms with E-state index in [2.05, 4.69) is 53.2 Å². The molecule has 1 rings (SSSR count). The minimum atomic E-state index is 0.649. The van der Waals surface area contributed by atoms with Gasteiger partial charge in [0.05, 0.1) is 0 Å². The zero-order valence-electron chi connectivity index (χ0n) is 8.88. The Kier molecular flexibility index (Phi) is 5.93. The van der Waals surface area contributed by atoms with Gasteiger partial charge in [0.25, 0.3) is 0 Å². The van der Waals surface area contributed by atoms with Crippen molar-refractivity contribution in [2.75, 3.05) is 0 Å². The van der Waals surface area contributed by atoms with Gasteiger partial charge in [-0.25, -0.2) is 0 Å². The van der Waals surface area contributed by atoms with Crippen LogP contribution in [-0.2, 0) is 6.42 Å². The molecule has 1 aromatic rings. The minimum absolute atomic E-state index is 0.649. The Bertz CT molecular complexity index is 230. The summed E-state index contributed by atoms with van der Waals surface area (Å²) in [7, 11) is 0. The lowest BCUT2D eigenvalue weighted by molar-refractivity contribution is 0.648. The average molecular weight is 255 g/mol. The van der Waals surface area contributed by atoms with Gasteiger partial charge in [-0.15, -0.1) is 0 Å². The van der Waals surface area contributed by atoms with Crippen LogP contribution in [0.5, 0.6) is 0 Å². The molecule has 1 heteroatoms. The molecule has 0 spiro atoms. The average Bonchev–Trinajstić information content (AvgIpc) is 2.20. The molecule has 78 valence electrons. The number of hydrogen-bond acceptors (Lipinski definition) is 0. The zero-order chi connectivity index (χ0) is 10.2. The van der Waals surface area contributed by atoms with Crippen LogP contribution in [0.1, 0.15) is 38.2 Å². The number of benzene rings is 1. The van der Waals surface area contributed by atoms with Gasteiger partial charge in [0.2, 0.25) is 0 Å². The van der Waals surface area contributed by atoms with Gasteiger partial charge in [-0.05, 0) is 18.4 Å². The third-order valence-electron chi connectivity index (χ3n) is 2.42. The molecule has 0 aromatic heterocycles. The number of hydrogen-bond donors (Lipinski definition) is 0. The molecule has 1 unspecified atom stereocenters. The van der Waals surface area contributed by atoms with Gasteiger partial charge in [-0.3, -0.25) is 0 Å². The van der Waals surface area contributed by atoms with Crippen LogP contribution in [0.4, 0.5) is 0 Å². The van der Waals surface area contributed by atoms with E-state index in [0.717, 1.165) is 6.42 Å². The summed E-state index contributed by atoms with van der Waals surface area (Å²) in [6.45, 7) is 2.25. The van der Waals surface area contributed by atoms with Crippen molar-refractivity contribution in [1.82, 2.24) is 0 Å². The van der Waals surface area contributed by atoms with Crippen molar-refractivity contribution in [1.29, 1.82) is 0 Å². The van der Waals surface area contributed by atoms with Gasteiger partial charge < -0.3 is 0 Å². The van der Waals surface area contributed by atoms with Crippen LogP contribution < -0.4 is 0 Å². The molecule has 1 atom stereocenters. The van der Waals surface area contributed by atoms with Crippen LogP contribution in [0.25, 0.3) is 0 Å². The second-order valence-electron chi connectivity index (χ2n) is 3.78. The van der Waals surface area contributed by atoms with E-state index in [1.165, 1.54) is 31.2 Å². The molecular weight excluding hydrogens is 236 g/mol. The molecule has 0 radical (unpaired) electrons. The van der Waals surface area contributed by atoms with Crippen molar-refractivity contribution in [3.05, 3.63) is 35.9 Å². The van der Waals surface area contributed by atoms with Gasteiger partial charge >= 0.3 is 0 Å². The van der Waals surface area contributed by atoms with Gasteiger partial charge in [0.1, 0.15) is 0 Å². The molecule has 0 aliphatic heterocycles. The monoisotopic (exact) mass is 254 g/mol. The summed E-state index contributed by atoms with van der Waals surface area (Å²) in [5.74, 6) is 0. The maximum absolute atomic E-state index is 3.74. The molecule has 1 aromatic carbocycles. The Labute approximate surface area is 95.9 Å². The predicted molar refractivity (Wildman–Crippen MR) is 67.0 cm³/mol. The van der Waals surface area contributed by atoms with Crippen molar-refractivity contribution in [2.45, 2.75) is 43.9 Å². The highest BCUT2D eigenvalue weighted by molar-refractivity contribution is 9.09. The molecule has 0 aliphatic rings. The molecule has 0 bridgehead atoms. The Balaban J connectivity index is 2.23. The molecule has 14 heavy (non-hydrogen) atoms. The lowest BCUT2D eigenvalue weighted by Gasteiger charge is -2.08. The Morgan fingerprint density at radius 3 is 2.50 bits per heavy atom. The maximum Gasteiger partial charge on any atom is 0.0186 e. The van der Waals surface area contributed by atoms with Crippen LogP contribution in [0.2, 0.25) is 0 Å². The summed E-state index contributed by atoms with van der Waals surface area (Å²) in [6.07, 6.45) is 6.47. The van der Waals surface area contributed by atoms with Crippen LogP contribution in [0.15, 0.2) is 30.3 Å². The molecule has 0 nitrogen and oxygen atoms in total. The first-order valence-corrected chi connectivity index (χ1v) is 6.42. The summed E-state index contributed by atoms with van der Waals surface area (Å²) in [5.41, 5.74) is 1.44. The Hall–Kier alpha value is -0.300. The number of halogens is 1. The zero-order valence-corrected chi connectivity index (χ0v) is 10.5. The molecule has 0 fully saturated rings. The molecular formula is C13H19Br. The fourth-order valence-electron chi connectivity index (χ4n) is 1.59. The number of rotatable bonds is 6. The van der Waals surface area contributed by atoms with E-state index >= 15 is 0 Å². The van der Waals surface area contributed by atoms with E-state index in [4.69, 9.17) is 0 Å². The SMILES string of the molecule is CCCCCC(Br)Cc1ccccc1. The van der Waals surface area contributed by atoms with Crippen LogP contribution in [-0.4, -0.2) is 4.83 Å². The van der Waals surface area contributed by atoms with Crippen molar-refractivity contribution in [3.8, 4) is 0 Å². The number of unbranched alkanes of at least 4 members (excludes halogenated alkanes) is 2. The fourth-order valence-corrected chi connectivity index (χ4v) is 2.29. The van der Waals surface area contributed by atoms with Gasteiger partial charge in [0.15, 0.2) is 0 Å². The van der Waals surface area contributed by atoms with Gasteiger partial charge in [-0.2, -0.15) is 0 Å². The standard InChI is InChI=1S/C13H19Br/c1-2-3-5-10-13(14)11-12-8-6-4-7-9-12/h4,6-9,13H,2-3,5,10-11H2,1H3. The largest absolute Gasteiger partial charge is 0.0887 e. The van der Waals surface area contributed by atoms with E-state index < -0.39 is 0 Å². The third-order valence-corrected chi connectivity index (χ3v) is 3.20. The Morgan fingerprint density at radius 2 is 1.86 bits per heavy atom. The molecule has 0 saturated carbocycles. The van der Waals surface area contributed by atoms with Gasteiger partial charge in [0, 0.05) is 4.83 Å². The topological polar surface area (TPSA) is 0 Å². The smallest absolute Gasteiger partial charge is 0.0186 e. The lowest BCUT2D eigenvalue weighted by Crippen LogP contribution is -2.02. The number of alkyl halides is 1. The molecule has 0 aliphatic carbocycles. The molecule has 0 amide bonds. The molecule has 0 N–H and O–H groups in total. The maximum atomic E-state index is 3.74. The lowest BCUT2D eigenvalue weighted by atomic mass is 10.1. The van der Waals surface area contributed by atoms with Gasteiger partial charge in [-0.1, -0.05) is 72.4 Å². The first-order chi connectivity index (χ1) is 6.83. The minimum Gasteiger partial charge on any atom is -0.0887 e. The summed E-state index contributed by atoms with van der Waals surface area (Å²) >= 11 is 3.74. The van der Waals surface area contributed by atoms with E-state index in [9.17, 15) is 0 Å². The second kappa shape index (κ2) is 7.05. The quantitative estimate of drug-likeness (QED) is 0.516. The first-order valence-electron chi connectivity index (χ1n) is 5.51. The van der Waals surface area contributed by atoms with Crippen molar-refractivity contribution in [2.24, 2.45) is 0 Å². The predicted octanol–water partition coefficient (Wildman–Crippen LogP) is 4.57. The summed E-state index contributed by atoms with van der Waals surface area (Å²) in [6, 6.07) is 10.7. The van der Waals surface area contributed by atoms with Crippen LogP contribution in [0, 0.1) is 0 Å². The van der Waals surface area contributed by atoms with E-state index in [0.29, 0.717) is 4.83 Å². The third kappa shape index (κ3) is 4.80.